The standard InChI is InChI=1S/C14H17N3O4/c15-12(18)9-3-5-11(6-4-9)16-14(21)17-7-1-2-10(8-17)13(19)20/h3-6,10H,1-2,7-8H2,(H2,15,18)(H,16,21)(H,19,20). The Morgan fingerprint density at radius 3 is 2.48 bits per heavy atom. The number of carbonyl (C=O) groups excluding carboxylic acids is 2. The molecule has 1 aromatic rings. The third-order valence-electron chi connectivity index (χ3n) is 3.48. The highest BCUT2D eigenvalue weighted by atomic mass is 16.4. The van der Waals surface area contributed by atoms with E-state index in [4.69, 9.17) is 10.8 Å². The number of nitrogens with zero attached hydrogens (tertiary/aromatic N) is 1. The number of hydrogen-bond acceptors (Lipinski definition) is 3. The number of anilines is 1. The first kappa shape index (κ1) is 14.8. The van der Waals surface area contributed by atoms with Gasteiger partial charge in [-0.3, -0.25) is 9.59 Å². The molecule has 4 N–H and O–H groups in total. The van der Waals surface area contributed by atoms with Gasteiger partial charge in [0, 0.05) is 24.3 Å². The van der Waals surface area contributed by atoms with Crippen LogP contribution in [0.25, 0.3) is 0 Å². The van der Waals surface area contributed by atoms with Crippen LogP contribution in [0.4, 0.5) is 10.5 Å². The first-order valence-corrected chi connectivity index (χ1v) is 6.66. The summed E-state index contributed by atoms with van der Waals surface area (Å²) in [6.07, 6.45) is 1.26. The fourth-order valence-electron chi connectivity index (χ4n) is 2.28. The number of nitrogens with two attached hydrogens (primary N) is 1. The number of rotatable bonds is 3. The van der Waals surface area contributed by atoms with E-state index in [-0.39, 0.29) is 12.6 Å². The van der Waals surface area contributed by atoms with Crippen LogP contribution in [0, 0.1) is 5.92 Å². The monoisotopic (exact) mass is 291 g/mol. The Bertz CT molecular complexity index is 556. The summed E-state index contributed by atoms with van der Waals surface area (Å²) >= 11 is 0. The summed E-state index contributed by atoms with van der Waals surface area (Å²) < 4.78 is 0. The van der Waals surface area contributed by atoms with Crippen molar-refractivity contribution in [3.05, 3.63) is 29.8 Å². The maximum atomic E-state index is 12.1. The van der Waals surface area contributed by atoms with Crippen molar-refractivity contribution in [3.8, 4) is 0 Å². The van der Waals surface area contributed by atoms with Gasteiger partial charge in [-0.15, -0.1) is 0 Å². The minimum atomic E-state index is -0.877. The molecule has 1 aromatic carbocycles. The van der Waals surface area contributed by atoms with Gasteiger partial charge in [0.2, 0.25) is 5.91 Å². The summed E-state index contributed by atoms with van der Waals surface area (Å²) in [5.41, 5.74) is 6.02. The molecule has 1 fully saturated rings. The fraction of sp³-hybridized carbons (Fsp3) is 0.357. The van der Waals surface area contributed by atoms with E-state index in [1.807, 2.05) is 0 Å². The Kier molecular flexibility index (Phi) is 4.42. The topological polar surface area (TPSA) is 113 Å². The number of urea groups is 1. The van der Waals surface area contributed by atoms with Gasteiger partial charge >= 0.3 is 12.0 Å². The minimum Gasteiger partial charge on any atom is -0.481 e. The second kappa shape index (κ2) is 6.25. The molecule has 0 saturated carbocycles. The van der Waals surface area contributed by atoms with Gasteiger partial charge in [-0.25, -0.2) is 4.79 Å². The predicted octanol–water partition coefficient (Wildman–Crippen LogP) is 1.11. The quantitative estimate of drug-likeness (QED) is 0.774. The molecule has 0 aromatic heterocycles. The predicted molar refractivity (Wildman–Crippen MR) is 75.9 cm³/mol. The molecule has 7 heteroatoms. The first-order valence-electron chi connectivity index (χ1n) is 6.66. The van der Waals surface area contributed by atoms with Crippen molar-refractivity contribution >= 4 is 23.6 Å². The summed E-state index contributed by atoms with van der Waals surface area (Å²) in [5.74, 6) is -1.92. The number of carbonyl (C=O) groups is 3. The average molecular weight is 291 g/mol. The second-order valence-corrected chi connectivity index (χ2v) is 5.00. The molecule has 0 spiro atoms. The lowest BCUT2D eigenvalue weighted by Crippen LogP contribution is -2.44. The number of piperidine rings is 1. The molecule has 1 aliphatic rings. The number of likely N-dealkylation sites (tertiary alicyclic amines) is 1. The van der Waals surface area contributed by atoms with Crippen LogP contribution in [-0.4, -0.2) is 41.0 Å². The average Bonchev–Trinajstić information content (AvgIpc) is 2.48. The largest absolute Gasteiger partial charge is 0.481 e. The van der Waals surface area contributed by atoms with Gasteiger partial charge in [0.1, 0.15) is 0 Å². The van der Waals surface area contributed by atoms with Crippen LogP contribution in [0.15, 0.2) is 24.3 Å². The van der Waals surface area contributed by atoms with E-state index in [1.54, 1.807) is 12.1 Å². The zero-order chi connectivity index (χ0) is 15.4. The molecular weight excluding hydrogens is 274 g/mol. The molecule has 3 amide bonds. The van der Waals surface area contributed by atoms with Crippen molar-refractivity contribution in [2.75, 3.05) is 18.4 Å². The molecule has 21 heavy (non-hydrogen) atoms. The van der Waals surface area contributed by atoms with E-state index in [0.717, 1.165) is 0 Å². The molecule has 1 heterocycles. The van der Waals surface area contributed by atoms with Gasteiger partial charge in [-0.05, 0) is 37.1 Å². The lowest BCUT2D eigenvalue weighted by atomic mass is 9.99. The maximum Gasteiger partial charge on any atom is 0.321 e. The van der Waals surface area contributed by atoms with E-state index in [0.29, 0.717) is 30.6 Å². The van der Waals surface area contributed by atoms with Crippen molar-refractivity contribution < 1.29 is 19.5 Å². The Hall–Kier alpha value is -2.57. The minimum absolute atomic E-state index is 0.209. The second-order valence-electron chi connectivity index (χ2n) is 5.00. The van der Waals surface area contributed by atoms with Gasteiger partial charge in [0.25, 0.3) is 0 Å². The third kappa shape index (κ3) is 3.71. The number of primary amides is 1. The van der Waals surface area contributed by atoms with E-state index in [2.05, 4.69) is 5.32 Å². The van der Waals surface area contributed by atoms with Crippen LogP contribution in [0.2, 0.25) is 0 Å². The highest BCUT2D eigenvalue weighted by Crippen LogP contribution is 2.18. The summed E-state index contributed by atoms with van der Waals surface area (Å²) in [6, 6.07) is 5.86. The molecular formula is C14H17N3O4. The van der Waals surface area contributed by atoms with Gasteiger partial charge in [0.05, 0.1) is 5.92 Å². The van der Waals surface area contributed by atoms with Crippen LogP contribution < -0.4 is 11.1 Å². The Balaban J connectivity index is 1.97. The fourth-order valence-corrected chi connectivity index (χ4v) is 2.28. The molecule has 7 nitrogen and oxygen atoms in total. The summed E-state index contributed by atoms with van der Waals surface area (Å²) in [5, 5.41) is 11.7. The van der Waals surface area contributed by atoms with E-state index >= 15 is 0 Å². The van der Waals surface area contributed by atoms with Crippen LogP contribution >= 0.6 is 0 Å². The summed E-state index contributed by atoms with van der Waals surface area (Å²) in [7, 11) is 0. The Labute approximate surface area is 121 Å². The Morgan fingerprint density at radius 2 is 1.90 bits per heavy atom. The zero-order valence-electron chi connectivity index (χ0n) is 11.4. The summed E-state index contributed by atoms with van der Waals surface area (Å²) in [6.45, 7) is 0.746. The number of carboxylic acid groups (broad SMARTS) is 1. The first-order chi connectivity index (χ1) is 9.97. The van der Waals surface area contributed by atoms with E-state index in [9.17, 15) is 14.4 Å². The molecule has 1 saturated heterocycles. The number of benzene rings is 1. The highest BCUT2D eigenvalue weighted by molar-refractivity contribution is 5.94. The van der Waals surface area contributed by atoms with Crippen molar-refractivity contribution in [1.29, 1.82) is 0 Å². The SMILES string of the molecule is NC(=O)c1ccc(NC(=O)N2CCCC(C(=O)O)C2)cc1. The molecule has 1 atom stereocenters. The highest BCUT2D eigenvalue weighted by Gasteiger charge is 2.28. The van der Waals surface area contributed by atoms with Gasteiger partial charge in [-0.2, -0.15) is 0 Å². The molecule has 2 rings (SSSR count). The molecule has 0 aliphatic carbocycles. The third-order valence-corrected chi connectivity index (χ3v) is 3.48. The van der Waals surface area contributed by atoms with Gasteiger partial charge < -0.3 is 21.1 Å². The van der Waals surface area contributed by atoms with Crippen LogP contribution in [0.3, 0.4) is 0 Å². The van der Waals surface area contributed by atoms with Crippen LogP contribution in [-0.2, 0) is 4.79 Å². The smallest absolute Gasteiger partial charge is 0.321 e. The lowest BCUT2D eigenvalue weighted by Gasteiger charge is -2.30. The van der Waals surface area contributed by atoms with Gasteiger partial charge in [0.15, 0.2) is 0 Å². The molecule has 1 unspecified atom stereocenters. The van der Waals surface area contributed by atoms with Crippen molar-refractivity contribution in [2.45, 2.75) is 12.8 Å². The molecule has 0 bridgehead atoms. The lowest BCUT2D eigenvalue weighted by molar-refractivity contribution is -0.143. The zero-order valence-corrected chi connectivity index (χ0v) is 11.4. The van der Waals surface area contributed by atoms with Crippen molar-refractivity contribution in [1.82, 2.24) is 4.90 Å². The number of carboxylic acids is 1. The number of hydrogen-bond donors (Lipinski definition) is 3. The van der Waals surface area contributed by atoms with Crippen LogP contribution in [0.1, 0.15) is 23.2 Å². The number of nitrogens with one attached hydrogen (secondary N) is 1. The van der Waals surface area contributed by atoms with Gasteiger partial charge in [-0.1, -0.05) is 0 Å². The molecule has 0 radical (unpaired) electrons. The van der Waals surface area contributed by atoms with E-state index in [1.165, 1.54) is 17.0 Å². The summed E-state index contributed by atoms with van der Waals surface area (Å²) in [4.78, 5) is 35.5. The molecule has 112 valence electrons. The number of amides is 3. The van der Waals surface area contributed by atoms with Crippen molar-refractivity contribution in [3.63, 3.8) is 0 Å². The Morgan fingerprint density at radius 1 is 1.24 bits per heavy atom. The maximum absolute atomic E-state index is 12.1. The normalized spacial score (nSPS) is 18.1. The van der Waals surface area contributed by atoms with E-state index < -0.39 is 17.8 Å². The number of aliphatic carboxylic acids is 1. The van der Waals surface area contributed by atoms with Crippen LogP contribution in [0.5, 0.6) is 0 Å². The molecule has 1 aliphatic heterocycles. The van der Waals surface area contributed by atoms with Crippen molar-refractivity contribution in [2.24, 2.45) is 11.7 Å².